The van der Waals surface area contributed by atoms with E-state index in [1.165, 1.54) is 69.4 Å². The molecule has 1 aromatic carbocycles. The fourth-order valence-corrected chi connectivity index (χ4v) is 6.35. The molecule has 3 nitrogen and oxygen atoms in total. The van der Waals surface area contributed by atoms with Crippen molar-refractivity contribution >= 4 is 5.71 Å². The first-order chi connectivity index (χ1) is 12.4. The van der Waals surface area contributed by atoms with Crippen LogP contribution in [0, 0.1) is 29.6 Å². The standard InChI is InChI=1S/C22H30N2O/c1-2-7-16(8-3-1)15-25-23-22-20-13-19(17-9-6-10-18(17)20)21(22)14-24-11-4-5-12-24/h1-3,7-8,17-21H,4-6,9-15H2/b23-22+/t17-,18+,19-,20+,21-/m1/s1. The normalized spacial score (nSPS) is 38.6. The lowest BCUT2D eigenvalue weighted by Crippen LogP contribution is -2.40. The second-order valence-corrected chi connectivity index (χ2v) is 8.65. The van der Waals surface area contributed by atoms with Crippen molar-refractivity contribution in [2.24, 2.45) is 34.7 Å². The number of hydrogen-bond donors (Lipinski definition) is 0. The van der Waals surface area contributed by atoms with Crippen molar-refractivity contribution in [3.05, 3.63) is 35.9 Å². The molecular weight excluding hydrogens is 308 g/mol. The lowest BCUT2D eigenvalue weighted by atomic mass is 9.74. The van der Waals surface area contributed by atoms with Gasteiger partial charge in [-0.15, -0.1) is 0 Å². The van der Waals surface area contributed by atoms with E-state index in [1.54, 1.807) is 0 Å². The zero-order valence-electron chi connectivity index (χ0n) is 15.1. The molecule has 0 N–H and O–H groups in total. The van der Waals surface area contributed by atoms with E-state index in [9.17, 15) is 0 Å². The van der Waals surface area contributed by atoms with E-state index in [0.717, 1.165) is 23.7 Å². The topological polar surface area (TPSA) is 24.8 Å². The summed E-state index contributed by atoms with van der Waals surface area (Å²) < 4.78 is 0. The maximum atomic E-state index is 5.87. The van der Waals surface area contributed by atoms with Gasteiger partial charge in [-0.2, -0.15) is 0 Å². The molecule has 0 radical (unpaired) electrons. The van der Waals surface area contributed by atoms with Crippen LogP contribution in [0.15, 0.2) is 35.5 Å². The molecule has 0 unspecified atom stereocenters. The number of hydrogen-bond acceptors (Lipinski definition) is 3. The van der Waals surface area contributed by atoms with E-state index >= 15 is 0 Å². The molecule has 5 atom stereocenters. The zero-order valence-corrected chi connectivity index (χ0v) is 15.1. The molecular formula is C22H30N2O. The minimum atomic E-state index is 0.603. The van der Waals surface area contributed by atoms with Gasteiger partial charge in [0, 0.05) is 18.4 Å². The molecule has 3 heteroatoms. The second-order valence-electron chi connectivity index (χ2n) is 8.65. The average molecular weight is 338 g/mol. The van der Waals surface area contributed by atoms with E-state index in [1.807, 2.05) is 0 Å². The lowest BCUT2D eigenvalue weighted by molar-refractivity contribution is 0.122. The quantitative estimate of drug-likeness (QED) is 0.746. The predicted octanol–water partition coefficient (Wildman–Crippen LogP) is 4.34. The minimum absolute atomic E-state index is 0.603. The Morgan fingerprint density at radius 2 is 1.76 bits per heavy atom. The highest BCUT2D eigenvalue weighted by atomic mass is 16.6. The summed E-state index contributed by atoms with van der Waals surface area (Å²) in [4.78, 5) is 8.55. The number of fused-ring (bicyclic) bond motifs is 5. The van der Waals surface area contributed by atoms with Gasteiger partial charge in [0.25, 0.3) is 0 Å². The van der Waals surface area contributed by atoms with Gasteiger partial charge in [-0.25, -0.2) is 0 Å². The van der Waals surface area contributed by atoms with Crippen LogP contribution in [0.25, 0.3) is 0 Å². The maximum Gasteiger partial charge on any atom is 0.142 e. The van der Waals surface area contributed by atoms with Crippen LogP contribution in [-0.2, 0) is 11.4 Å². The number of oxime groups is 1. The SMILES string of the molecule is c1ccc(CO/N=C2\[C@H]3C[C@H]([C@@H]4CCC[C@@H]43)[C@H]2CN2CCCC2)cc1. The molecule has 0 spiro atoms. The van der Waals surface area contributed by atoms with Gasteiger partial charge in [0.1, 0.15) is 6.61 Å². The van der Waals surface area contributed by atoms with Crippen molar-refractivity contribution in [3.63, 3.8) is 0 Å². The van der Waals surface area contributed by atoms with Gasteiger partial charge >= 0.3 is 0 Å². The van der Waals surface area contributed by atoms with Gasteiger partial charge in [0.05, 0.1) is 5.71 Å². The fraction of sp³-hybridized carbons (Fsp3) is 0.682. The summed E-state index contributed by atoms with van der Waals surface area (Å²) in [6.45, 7) is 4.42. The Labute approximate surface area is 151 Å². The molecule has 1 aromatic rings. The molecule has 5 rings (SSSR count). The highest BCUT2D eigenvalue weighted by Gasteiger charge is 2.57. The van der Waals surface area contributed by atoms with Gasteiger partial charge in [-0.05, 0) is 68.5 Å². The molecule has 4 aliphatic rings. The molecule has 4 fully saturated rings. The van der Waals surface area contributed by atoms with Crippen molar-refractivity contribution in [3.8, 4) is 0 Å². The number of rotatable bonds is 5. The van der Waals surface area contributed by atoms with Crippen LogP contribution in [0.3, 0.4) is 0 Å². The Balaban J connectivity index is 1.32. The van der Waals surface area contributed by atoms with Gasteiger partial charge in [0.15, 0.2) is 0 Å². The van der Waals surface area contributed by atoms with Crippen LogP contribution in [0.2, 0.25) is 0 Å². The molecule has 25 heavy (non-hydrogen) atoms. The second kappa shape index (κ2) is 6.75. The van der Waals surface area contributed by atoms with Crippen LogP contribution < -0.4 is 0 Å². The molecule has 2 bridgehead atoms. The van der Waals surface area contributed by atoms with E-state index in [2.05, 4.69) is 35.2 Å². The first-order valence-corrected chi connectivity index (χ1v) is 10.4. The van der Waals surface area contributed by atoms with Crippen molar-refractivity contribution in [1.82, 2.24) is 4.90 Å². The molecule has 3 saturated carbocycles. The Morgan fingerprint density at radius 1 is 0.960 bits per heavy atom. The molecule has 3 aliphatic carbocycles. The monoisotopic (exact) mass is 338 g/mol. The van der Waals surface area contributed by atoms with Gasteiger partial charge in [-0.3, -0.25) is 0 Å². The summed E-state index contributed by atoms with van der Waals surface area (Å²) in [5.74, 6) is 4.18. The molecule has 134 valence electrons. The van der Waals surface area contributed by atoms with Crippen molar-refractivity contribution < 1.29 is 4.84 Å². The lowest BCUT2D eigenvalue weighted by Gasteiger charge is -2.34. The highest BCUT2D eigenvalue weighted by molar-refractivity contribution is 5.92. The van der Waals surface area contributed by atoms with Gasteiger partial charge in [0.2, 0.25) is 0 Å². The first kappa shape index (κ1) is 15.9. The molecule has 1 saturated heterocycles. The molecule has 1 heterocycles. The first-order valence-electron chi connectivity index (χ1n) is 10.4. The third kappa shape index (κ3) is 2.91. The van der Waals surface area contributed by atoms with Crippen molar-refractivity contribution in [1.29, 1.82) is 0 Å². The molecule has 1 aliphatic heterocycles. The summed E-state index contributed by atoms with van der Waals surface area (Å²) in [5, 5.41) is 4.78. The Bertz CT molecular complexity index is 622. The summed E-state index contributed by atoms with van der Waals surface area (Å²) >= 11 is 0. The van der Waals surface area contributed by atoms with Gasteiger partial charge < -0.3 is 9.74 Å². The third-order valence-electron chi connectivity index (χ3n) is 7.39. The number of likely N-dealkylation sites (tertiary alicyclic amines) is 1. The largest absolute Gasteiger partial charge is 0.391 e. The Morgan fingerprint density at radius 3 is 2.60 bits per heavy atom. The van der Waals surface area contributed by atoms with Crippen molar-refractivity contribution in [2.45, 2.75) is 45.1 Å². The summed E-state index contributed by atoms with van der Waals surface area (Å²) in [5.41, 5.74) is 2.64. The summed E-state index contributed by atoms with van der Waals surface area (Å²) in [7, 11) is 0. The average Bonchev–Trinajstić information content (AvgIpc) is 3.39. The Kier molecular flexibility index (Phi) is 4.29. The van der Waals surface area contributed by atoms with E-state index in [0.29, 0.717) is 12.5 Å². The van der Waals surface area contributed by atoms with Crippen LogP contribution in [0.4, 0.5) is 0 Å². The van der Waals surface area contributed by atoms with Crippen LogP contribution in [-0.4, -0.2) is 30.2 Å². The fourth-order valence-electron chi connectivity index (χ4n) is 6.35. The third-order valence-corrected chi connectivity index (χ3v) is 7.39. The zero-order chi connectivity index (χ0) is 16.6. The van der Waals surface area contributed by atoms with Crippen LogP contribution >= 0.6 is 0 Å². The van der Waals surface area contributed by atoms with Crippen LogP contribution in [0.1, 0.15) is 44.1 Å². The minimum Gasteiger partial charge on any atom is -0.391 e. The maximum absolute atomic E-state index is 5.87. The van der Waals surface area contributed by atoms with Gasteiger partial charge in [-0.1, -0.05) is 41.9 Å². The summed E-state index contributed by atoms with van der Waals surface area (Å²) in [6, 6.07) is 10.4. The van der Waals surface area contributed by atoms with Crippen LogP contribution in [0.5, 0.6) is 0 Å². The Hall–Kier alpha value is -1.35. The summed E-state index contributed by atoms with van der Waals surface area (Å²) in [6.07, 6.45) is 8.49. The van der Waals surface area contributed by atoms with E-state index < -0.39 is 0 Å². The van der Waals surface area contributed by atoms with E-state index in [-0.39, 0.29) is 0 Å². The highest BCUT2D eigenvalue weighted by Crippen LogP contribution is 2.60. The number of nitrogens with zero attached hydrogens (tertiary/aromatic N) is 2. The predicted molar refractivity (Wildman–Crippen MR) is 100 cm³/mol. The van der Waals surface area contributed by atoms with Crippen molar-refractivity contribution in [2.75, 3.05) is 19.6 Å². The van der Waals surface area contributed by atoms with E-state index in [4.69, 9.17) is 9.99 Å². The molecule has 0 aromatic heterocycles. The molecule has 0 amide bonds. The smallest absolute Gasteiger partial charge is 0.142 e. The number of benzene rings is 1.